The van der Waals surface area contributed by atoms with Gasteiger partial charge in [-0.2, -0.15) is 0 Å². The first-order chi connectivity index (χ1) is 10.3. The van der Waals surface area contributed by atoms with Gasteiger partial charge < -0.3 is 0 Å². The van der Waals surface area contributed by atoms with Gasteiger partial charge in [0.25, 0.3) is 0 Å². The molecule has 0 bridgehead atoms. The molecule has 4 aromatic carbocycles. The largest absolute Gasteiger partial charge is 0.0616 e. The van der Waals surface area contributed by atoms with Crippen LogP contribution in [-0.2, 0) is 0 Å². The van der Waals surface area contributed by atoms with Crippen LogP contribution in [0.4, 0.5) is 0 Å². The second-order valence-electron chi connectivity index (χ2n) is 5.56. The number of benzene rings is 4. The third kappa shape index (κ3) is 2.00. The molecule has 0 spiro atoms. The fraction of sp³-hybridized carbons (Fsp3) is 0.0476. The molecule has 0 N–H and O–H groups in total. The lowest BCUT2D eigenvalue weighted by Crippen LogP contribution is -1.85. The molecule has 4 aromatic rings. The lowest BCUT2D eigenvalue weighted by atomic mass is 9.92. The summed E-state index contributed by atoms with van der Waals surface area (Å²) in [7, 11) is 0. The highest BCUT2D eigenvalue weighted by Gasteiger charge is 2.08. The maximum atomic E-state index is 2.30. The fourth-order valence-corrected chi connectivity index (χ4v) is 3.14. The van der Waals surface area contributed by atoms with Gasteiger partial charge in [0.1, 0.15) is 0 Å². The molecule has 0 radical (unpaired) electrons. The van der Waals surface area contributed by atoms with Gasteiger partial charge in [-0.05, 0) is 45.2 Å². The van der Waals surface area contributed by atoms with E-state index in [0.29, 0.717) is 0 Å². The van der Waals surface area contributed by atoms with E-state index in [0.717, 1.165) is 0 Å². The number of fused-ring (bicyclic) bond motifs is 2. The Morgan fingerprint density at radius 3 is 1.95 bits per heavy atom. The molecule has 0 aliphatic rings. The molecule has 0 heterocycles. The fourth-order valence-electron chi connectivity index (χ4n) is 3.14. The van der Waals surface area contributed by atoms with E-state index < -0.39 is 0 Å². The third-order valence-corrected chi connectivity index (χ3v) is 4.09. The van der Waals surface area contributed by atoms with E-state index in [9.17, 15) is 0 Å². The first kappa shape index (κ1) is 12.2. The zero-order valence-electron chi connectivity index (χ0n) is 12.0. The van der Waals surface area contributed by atoms with Crippen molar-refractivity contribution in [2.24, 2.45) is 0 Å². The third-order valence-electron chi connectivity index (χ3n) is 4.09. The Morgan fingerprint density at radius 2 is 1.14 bits per heavy atom. The zero-order chi connectivity index (χ0) is 14.2. The summed E-state index contributed by atoms with van der Waals surface area (Å²) in [5.41, 5.74) is 3.94. The lowest BCUT2D eigenvalue weighted by Gasteiger charge is -2.11. The van der Waals surface area contributed by atoms with Crippen LogP contribution in [0.5, 0.6) is 0 Å². The molecule has 0 unspecified atom stereocenters. The molecule has 0 nitrogen and oxygen atoms in total. The van der Waals surface area contributed by atoms with Crippen LogP contribution in [0.2, 0.25) is 0 Å². The molecule has 21 heavy (non-hydrogen) atoms. The van der Waals surface area contributed by atoms with Crippen LogP contribution in [0.3, 0.4) is 0 Å². The minimum Gasteiger partial charge on any atom is -0.0616 e. The average molecular weight is 268 g/mol. The quantitative estimate of drug-likeness (QED) is 0.399. The minimum atomic E-state index is 1.29. The van der Waals surface area contributed by atoms with Gasteiger partial charge >= 0.3 is 0 Å². The van der Waals surface area contributed by atoms with Crippen molar-refractivity contribution in [1.29, 1.82) is 0 Å². The molecule has 100 valence electrons. The van der Waals surface area contributed by atoms with Crippen LogP contribution in [-0.4, -0.2) is 0 Å². The summed E-state index contributed by atoms with van der Waals surface area (Å²) < 4.78 is 0. The molecule has 0 heteroatoms. The van der Waals surface area contributed by atoms with E-state index in [1.165, 1.54) is 38.2 Å². The standard InChI is InChI=1S/C21H16/c1-15-13-17-8-3-5-11-19(17)21(14-15)20-12-6-9-16-7-2-4-10-18(16)20/h2-14H,1H3. The highest BCUT2D eigenvalue weighted by atomic mass is 14.1. The molecule has 0 saturated carbocycles. The van der Waals surface area contributed by atoms with E-state index in [-0.39, 0.29) is 0 Å². The molecule has 0 fully saturated rings. The van der Waals surface area contributed by atoms with Gasteiger partial charge in [-0.25, -0.2) is 0 Å². The molecular weight excluding hydrogens is 252 g/mol. The summed E-state index contributed by atoms with van der Waals surface area (Å²) in [5, 5.41) is 5.23. The van der Waals surface area contributed by atoms with Crippen molar-refractivity contribution in [2.75, 3.05) is 0 Å². The summed E-state index contributed by atoms with van der Waals surface area (Å²) in [5.74, 6) is 0. The number of hydrogen-bond acceptors (Lipinski definition) is 0. The van der Waals surface area contributed by atoms with Gasteiger partial charge in [0.05, 0.1) is 0 Å². The van der Waals surface area contributed by atoms with Gasteiger partial charge in [-0.15, -0.1) is 0 Å². The SMILES string of the molecule is Cc1cc(-c2cccc3ccccc23)c2ccccc2c1. The predicted molar refractivity (Wildman–Crippen MR) is 91.6 cm³/mol. The summed E-state index contributed by atoms with van der Waals surface area (Å²) in [6.07, 6.45) is 0. The number of hydrogen-bond donors (Lipinski definition) is 0. The zero-order valence-corrected chi connectivity index (χ0v) is 12.0. The van der Waals surface area contributed by atoms with E-state index in [1.807, 2.05) is 0 Å². The Bertz CT molecular complexity index is 943. The number of rotatable bonds is 1. The Hall–Kier alpha value is -2.60. The topological polar surface area (TPSA) is 0 Å². The van der Waals surface area contributed by atoms with Crippen molar-refractivity contribution in [3.63, 3.8) is 0 Å². The van der Waals surface area contributed by atoms with E-state index in [2.05, 4.69) is 85.8 Å². The summed E-state index contributed by atoms with van der Waals surface area (Å²) in [6.45, 7) is 2.17. The van der Waals surface area contributed by atoms with Crippen molar-refractivity contribution in [2.45, 2.75) is 6.92 Å². The van der Waals surface area contributed by atoms with Gasteiger partial charge in [0, 0.05) is 0 Å². The van der Waals surface area contributed by atoms with E-state index in [4.69, 9.17) is 0 Å². The molecule has 4 rings (SSSR count). The van der Waals surface area contributed by atoms with Gasteiger partial charge in [0.15, 0.2) is 0 Å². The van der Waals surface area contributed by atoms with Crippen LogP contribution in [0.15, 0.2) is 78.9 Å². The van der Waals surface area contributed by atoms with Crippen LogP contribution in [0, 0.1) is 6.92 Å². The van der Waals surface area contributed by atoms with Crippen LogP contribution in [0.25, 0.3) is 32.7 Å². The van der Waals surface area contributed by atoms with Gasteiger partial charge in [-0.1, -0.05) is 78.9 Å². The van der Waals surface area contributed by atoms with Gasteiger partial charge in [0.2, 0.25) is 0 Å². The minimum absolute atomic E-state index is 1.29. The van der Waals surface area contributed by atoms with E-state index in [1.54, 1.807) is 0 Å². The Kier molecular flexibility index (Phi) is 2.75. The molecule has 0 saturated heterocycles. The molecule has 0 aliphatic carbocycles. The van der Waals surface area contributed by atoms with Crippen molar-refractivity contribution >= 4 is 21.5 Å². The van der Waals surface area contributed by atoms with Crippen LogP contribution >= 0.6 is 0 Å². The molecule has 0 amide bonds. The molecule has 0 aliphatic heterocycles. The maximum absolute atomic E-state index is 2.30. The highest BCUT2D eigenvalue weighted by Crippen LogP contribution is 2.34. The van der Waals surface area contributed by atoms with Crippen molar-refractivity contribution < 1.29 is 0 Å². The van der Waals surface area contributed by atoms with Crippen LogP contribution in [0.1, 0.15) is 5.56 Å². The monoisotopic (exact) mass is 268 g/mol. The second kappa shape index (κ2) is 4.75. The smallest absolute Gasteiger partial charge is 0.00965 e. The van der Waals surface area contributed by atoms with Crippen molar-refractivity contribution in [1.82, 2.24) is 0 Å². The molecule has 0 aromatic heterocycles. The first-order valence-electron chi connectivity index (χ1n) is 7.30. The summed E-state index contributed by atoms with van der Waals surface area (Å²) in [6, 6.07) is 28.3. The Labute approximate surface area is 124 Å². The van der Waals surface area contributed by atoms with Gasteiger partial charge in [-0.3, -0.25) is 0 Å². The van der Waals surface area contributed by atoms with Crippen LogP contribution < -0.4 is 0 Å². The summed E-state index contributed by atoms with van der Waals surface area (Å²) in [4.78, 5) is 0. The predicted octanol–water partition coefficient (Wildman–Crippen LogP) is 5.97. The molecule has 0 atom stereocenters. The summed E-state index contributed by atoms with van der Waals surface area (Å²) >= 11 is 0. The Balaban J connectivity index is 2.14. The second-order valence-corrected chi connectivity index (χ2v) is 5.56. The number of aryl methyl sites for hydroxylation is 1. The highest BCUT2D eigenvalue weighted by molar-refractivity contribution is 6.05. The normalized spacial score (nSPS) is 11.1. The van der Waals surface area contributed by atoms with E-state index >= 15 is 0 Å². The molecular formula is C21H16. The average Bonchev–Trinajstić information content (AvgIpc) is 2.53. The van der Waals surface area contributed by atoms with Crippen molar-refractivity contribution in [3.8, 4) is 11.1 Å². The lowest BCUT2D eigenvalue weighted by molar-refractivity contribution is 1.50. The first-order valence-corrected chi connectivity index (χ1v) is 7.30. The Morgan fingerprint density at radius 1 is 0.524 bits per heavy atom. The van der Waals surface area contributed by atoms with Crippen molar-refractivity contribution in [3.05, 3.63) is 84.4 Å². The maximum Gasteiger partial charge on any atom is -0.00965 e.